The van der Waals surface area contributed by atoms with E-state index in [2.05, 4.69) is 15.4 Å². The fraction of sp³-hybridized carbons (Fsp3) is 0.0526. The number of hydrogen-bond acceptors (Lipinski definition) is 6. The number of esters is 1. The van der Waals surface area contributed by atoms with Crippen LogP contribution in [0.25, 0.3) is 0 Å². The number of anilines is 2. The molecule has 0 unspecified atom stereocenters. The molecule has 0 aliphatic carbocycles. The smallest absolute Gasteiger partial charge is 0.339 e. The lowest BCUT2D eigenvalue weighted by Crippen LogP contribution is -2.18. The summed E-state index contributed by atoms with van der Waals surface area (Å²) in [7, 11) is 1.22. The molecule has 0 spiro atoms. The number of para-hydroxylation sites is 2. The van der Waals surface area contributed by atoms with E-state index >= 15 is 0 Å². The third kappa shape index (κ3) is 4.70. The van der Waals surface area contributed by atoms with Crippen LogP contribution in [0.1, 0.15) is 20.7 Å². The van der Waals surface area contributed by atoms with Crippen molar-refractivity contribution in [1.82, 2.24) is 0 Å². The number of ether oxygens (including phenoxy) is 1. The molecule has 8 heteroatoms. The van der Waals surface area contributed by atoms with E-state index in [1.807, 2.05) is 0 Å². The van der Waals surface area contributed by atoms with Gasteiger partial charge in [0.25, 0.3) is 11.8 Å². The van der Waals surface area contributed by atoms with Crippen molar-refractivity contribution in [3.8, 4) is 6.07 Å². The highest BCUT2D eigenvalue weighted by Crippen LogP contribution is 2.18. The van der Waals surface area contributed by atoms with Gasteiger partial charge in [0.05, 0.1) is 29.6 Å². The van der Waals surface area contributed by atoms with E-state index in [4.69, 9.17) is 5.73 Å². The summed E-state index contributed by atoms with van der Waals surface area (Å²) in [5, 5.41) is 14.5. The minimum absolute atomic E-state index is 0.151. The van der Waals surface area contributed by atoms with Gasteiger partial charge in [-0.15, -0.1) is 0 Å². The Labute approximate surface area is 155 Å². The average molecular weight is 364 g/mol. The number of benzene rings is 2. The first kappa shape index (κ1) is 19.2. The molecule has 8 nitrogen and oxygen atoms in total. The predicted molar refractivity (Wildman–Crippen MR) is 98.7 cm³/mol. The van der Waals surface area contributed by atoms with Crippen molar-refractivity contribution in [3.05, 3.63) is 71.4 Å². The molecule has 4 N–H and O–H groups in total. The van der Waals surface area contributed by atoms with Crippen molar-refractivity contribution in [1.29, 1.82) is 5.26 Å². The first-order valence-corrected chi connectivity index (χ1v) is 7.72. The molecular weight excluding hydrogens is 348 g/mol. The molecule has 2 rings (SSSR count). The van der Waals surface area contributed by atoms with Crippen LogP contribution < -0.4 is 16.4 Å². The Balaban J connectivity index is 2.23. The number of carbonyl (C=O) groups is 3. The number of methoxy groups -OCH3 is 1. The van der Waals surface area contributed by atoms with E-state index in [0.29, 0.717) is 5.69 Å². The number of amides is 2. The van der Waals surface area contributed by atoms with Gasteiger partial charge in [0.15, 0.2) is 0 Å². The van der Waals surface area contributed by atoms with E-state index in [1.54, 1.807) is 36.4 Å². The van der Waals surface area contributed by atoms with Gasteiger partial charge in [0.1, 0.15) is 11.6 Å². The maximum Gasteiger partial charge on any atom is 0.339 e. The zero-order valence-electron chi connectivity index (χ0n) is 14.4. The standard InChI is InChI=1S/C19H16N4O4/c1-27-19(26)14-7-3-5-9-16(14)23-18(25)12(10-20)11-22-15-8-4-2-6-13(15)17(21)24/h2-9,11,22H,1H3,(H2,21,24)(H,23,25)/b12-11-. The molecule has 0 bridgehead atoms. The maximum absolute atomic E-state index is 12.4. The van der Waals surface area contributed by atoms with Crippen LogP contribution in [-0.4, -0.2) is 24.9 Å². The zero-order chi connectivity index (χ0) is 19.8. The fourth-order valence-electron chi connectivity index (χ4n) is 2.19. The molecule has 27 heavy (non-hydrogen) atoms. The van der Waals surface area contributed by atoms with Crippen LogP contribution in [0.3, 0.4) is 0 Å². The highest BCUT2D eigenvalue weighted by Gasteiger charge is 2.16. The molecule has 0 saturated heterocycles. The highest BCUT2D eigenvalue weighted by molar-refractivity contribution is 6.09. The number of hydrogen-bond donors (Lipinski definition) is 3. The molecule has 2 aromatic carbocycles. The Morgan fingerprint density at radius 3 is 2.22 bits per heavy atom. The summed E-state index contributed by atoms with van der Waals surface area (Å²) < 4.78 is 4.66. The van der Waals surface area contributed by atoms with Gasteiger partial charge in [-0.05, 0) is 24.3 Å². The summed E-state index contributed by atoms with van der Waals surface area (Å²) >= 11 is 0. The molecule has 2 amide bonds. The molecular formula is C19H16N4O4. The van der Waals surface area contributed by atoms with Gasteiger partial charge in [-0.25, -0.2) is 4.79 Å². The number of nitrogens with one attached hydrogen (secondary N) is 2. The predicted octanol–water partition coefficient (Wildman–Crippen LogP) is 2.03. The first-order chi connectivity index (χ1) is 13.0. The largest absolute Gasteiger partial charge is 0.465 e. The topological polar surface area (TPSA) is 134 Å². The summed E-state index contributed by atoms with van der Waals surface area (Å²) in [5.41, 5.74) is 5.93. The second-order valence-corrected chi connectivity index (χ2v) is 5.22. The van der Waals surface area contributed by atoms with Crippen molar-refractivity contribution in [3.63, 3.8) is 0 Å². The van der Waals surface area contributed by atoms with Crippen LogP contribution in [0.4, 0.5) is 11.4 Å². The van der Waals surface area contributed by atoms with Crippen LogP contribution in [0, 0.1) is 11.3 Å². The van der Waals surface area contributed by atoms with Crippen LogP contribution >= 0.6 is 0 Å². The van der Waals surface area contributed by atoms with E-state index in [1.165, 1.54) is 25.3 Å². The second kappa shape index (κ2) is 8.82. The summed E-state index contributed by atoms with van der Waals surface area (Å²) in [6.07, 6.45) is 1.15. The Morgan fingerprint density at radius 2 is 1.63 bits per heavy atom. The number of nitrogens with two attached hydrogens (primary N) is 1. The number of nitriles is 1. The van der Waals surface area contributed by atoms with Crippen LogP contribution in [-0.2, 0) is 9.53 Å². The zero-order valence-corrected chi connectivity index (χ0v) is 14.4. The van der Waals surface area contributed by atoms with E-state index in [0.717, 1.165) is 6.20 Å². The molecule has 0 aliphatic heterocycles. The van der Waals surface area contributed by atoms with Crippen LogP contribution in [0.2, 0.25) is 0 Å². The monoisotopic (exact) mass is 364 g/mol. The lowest BCUT2D eigenvalue weighted by atomic mass is 10.1. The summed E-state index contributed by atoms with van der Waals surface area (Å²) in [4.78, 5) is 35.5. The minimum Gasteiger partial charge on any atom is -0.465 e. The van der Waals surface area contributed by atoms with Crippen molar-refractivity contribution >= 4 is 29.2 Å². The first-order valence-electron chi connectivity index (χ1n) is 7.72. The summed E-state index contributed by atoms with van der Waals surface area (Å²) in [6, 6.07) is 14.4. The molecule has 0 heterocycles. The molecule has 0 radical (unpaired) electrons. The van der Waals surface area contributed by atoms with E-state index in [-0.39, 0.29) is 22.4 Å². The SMILES string of the molecule is COC(=O)c1ccccc1NC(=O)/C(C#N)=C\Nc1ccccc1C(N)=O. The van der Waals surface area contributed by atoms with Crippen molar-refractivity contribution in [2.24, 2.45) is 5.73 Å². The normalized spacial score (nSPS) is 10.4. The Bertz CT molecular complexity index is 960. The number of primary amides is 1. The maximum atomic E-state index is 12.4. The average Bonchev–Trinajstić information content (AvgIpc) is 2.68. The molecule has 0 aliphatic rings. The number of nitrogens with zero attached hydrogens (tertiary/aromatic N) is 1. The van der Waals surface area contributed by atoms with Crippen LogP contribution in [0.5, 0.6) is 0 Å². The third-order valence-corrected chi connectivity index (χ3v) is 3.51. The molecule has 0 aromatic heterocycles. The van der Waals surface area contributed by atoms with Gasteiger partial charge in [-0.2, -0.15) is 5.26 Å². The van der Waals surface area contributed by atoms with Gasteiger partial charge in [0, 0.05) is 6.20 Å². The van der Waals surface area contributed by atoms with Gasteiger partial charge in [-0.3, -0.25) is 9.59 Å². The van der Waals surface area contributed by atoms with Crippen molar-refractivity contribution < 1.29 is 19.1 Å². The lowest BCUT2D eigenvalue weighted by molar-refractivity contribution is -0.112. The van der Waals surface area contributed by atoms with Crippen molar-refractivity contribution in [2.45, 2.75) is 0 Å². The molecule has 0 fully saturated rings. The summed E-state index contributed by atoms with van der Waals surface area (Å²) in [5.74, 6) is -2.01. The highest BCUT2D eigenvalue weighted by atomic mass is 16.5. The van der Waals surface area contributed by atoms with Crippen molar-refractivity contribution in [2.75, 3.05) is 17.7 Å². The lowest BCUT2D eigenvalue weighted by Gasteiger charge is -2.10. The van der Waals surface area contributed by atoms with Gasteiger partial charge in [-0.1, -0.05) is 24.3 Å². The third-order valence-electron chi connectivity index (χ3n) is 3.51. The second-order valence-electron chi connectivity index (χ2n) is 5.22. The Kier molecular flexibility index (Phi) is 6.28. The Hall–Kier alpha value is -4.12. The van der Waals surface area contributed by atoms with Gasteiger partial charge >= 0.3 is 5.97 Å². The fourth-order valence-corrected chi connectivity index (χ4v) is 2.19. The quantitative estimate of drug-likeness (QED) is 0.408. The molecule has 136 valence electrons. The molecule has 0 atom stereocenters. The summed E-state index contributed by atoms with van der Waals surface area (Å²) in [6.45, 7) is 0. The number of rotatable bonds is 6. The minimum atomic E-state index is -0.738. The molecule has 0 saturated carbocycles. The van der Waals surface area contributed by atoms with Gasteiger partial charge in [0.2, 0.25) is 0 Å². The molecule has 2 aromatic rings. The van der Waals surface area contributed by atoms with E-state index < -0.39 is 17.8 Å². The van der Waals surface area contributed by atoms with E-state index in [9.17, 15) is 19.6 Å². The van der Waals surface area contributed by atoms with Crippen LogP contribution in [0.15, 0.2) is 60.3 Å². The van der Waals surface area contributed by atoms with Gasteiger partial charge < -0.3 is 21.1 Å². The number of carbonyl (C=O) groups excluding carboxylic acids is 3. The Morgan fingerprint density at radius 1 is 1.04 bits per heavy atom.